The second-order valence-corrected chi connectivity index (χ2v) is 6.17. The number of likely N-dealkylation sites (tertiary alicyclic amines) is 1. The van der Waals surface area contributed by atoms with Crippen molar-refractivity contribution in [2.75, 3.05) is 40.3 Å². The van der Waals surface area contributed by atoms with Crippen LogP contribution in [0.15, 0.2) is 24.3 Å². The molecule has 2 atom stereocenters. The molecule has 0 bridgehead atoms. The Bertz CT molecular complexity index is 487. The van der Waals surface area contributed by atoms with E-state index in [-0.39, 0.29) is 5.78 Å². The van der Waals surface area contributed by atoms with Crippen LogP contribution in [0.3, 0.4) is 0 Å². The average Bonchev–Trinajstić information content (AvgIpc) is 2.80. The maximum atomic E-state index is 11.6. The van der Waals surface area contributed by atoms with Crippen LogP contribution in [0, 0.1) is 5.92 Å². The van der Waals surface area contributed by atoms with E-state index in [1.54, 1.807) is 6.92 Å². The Hall–Kier alpha value is -1.39. The second kappa shape index (κ2) is 7.05. The minimum absolute atomic E-state index is 0.0491. The standard InChI is InChI=1S/C17H26N2O2/c1-13-11-19(12-16(13)18(3)4)9-10-21-17-8-6-5-7-15(17)14(2)20/h5-8,13,16H,9-12H2,1-4H3. The summed E-state index contributed by atoms with van der Waals surface area (Å²) in [5.74, 6) is 1.43. The number of benzene rings is 1. The third-order valence-corrected chi connectivity index (χ3v) is 4.24. The summed E-state index contributed by atoms with van der Waals surface area (Å²) >= 11 is 0. The van der Waals surface area contributed by atoms with Crippen molar-refractivity contribution < 1.29 is 9.53 Å². The van der Waals surface area contributed by atoms with Crippen molar-refractivity contribution in [2.24, 2.45) is 5.92 Å². The van der Waals surface area contributed by atoms with Crippen molar-refractivity contribution in [3.05, 3.63) is 29.8 Å². The molecule has 1 fully saturated rings. The molecule has 1 aliphatic heterocycles. The third kappa shape index (κ3) is 4.05. The van der Waals surface area contributed by atoms with Crippen LogP contribution in [0.5, 0.6) is 5.75 Å². The van der Waals surface area contributed by atoms with Gasteiger partial charge in [0.15, 0.2) is 5.78 Å². The van der Waals surface area contributed by atoms with Gasteiger partial charge in [0.25, 0.3) is 0 Å². The van der Waals surface area contributed by atoms with E-state index in [0.29, 0.717) is 29.9 Å². The number of hydrogen-bond donors (Lipinski definition) is 0. The number of para-hydroxylation sites is 1. The van der Waals surface area contributed by atoms with Crippen LogP contribution in [-0.4, -0.2) is 62.0 Å². The Morgan fingerprint density at radius 2 is 2.05 bits per heavy atom. The molecule has 4 nitrogen and oxygen atoms in total. The van der Waals surface area contributed by atoms with Gasteiger partial charge in [-0.3, -0.25) is 9.69 Å². The molecule has 0 radical (unpaired) electrons. The van der Waals surface area contributed by atoms with Gasteiger partial charge in [-0.15, -0.1) is 0 Å². The van der Waals surface area contributed by atoms with Gasteiger partial charge in [-0.05, 0) is 39.1 Å². The third-order valence-electron chi connectivity index (χ3n) is 4.24. The Morgan fingerprint density at radius 3 is 2.67 bits per heavy atom. The molecular weight excluding hydrogens is 264 g/mol. The minimum atomic E-state index is 0.0491. The van der Waals surface area contributed by atoms with Crippen molar-refractivity contribution in [3.8, 4) is 5.75 Å². The van der Waals surface area contributed by atoms with Crippen molar-refractivity contribution in [3.63, 3.8) is 0 Å². The molecule has 0 saturated carbocycles. The lowest BCUT2D eigenvalue weighted by Crippen LogP contribution is -2.35. The first-order valence-electron chi connectivity index (χ1n) is 7.60. The predicted molar refractivity (Wildman–Crippen MR) is 85.0 cm³/mol. The van der Waals surface area contributed by atoms with Crippen molar-refractivity contribution in [1.29, 1.82) is 0 Å². The first-order chi connectivity index (χ1) is 9.99. The van der Waals surface area contributed by atoms with E-state index in [1.807, 2.05) is 24.3 Å². The smallest absolute Gasteiger partial charge is 0.163 e. The zero-order valence-electron chi connectivity index (χ0n) is 13.5. The molecule has 1 aliphatic rings. The second-order valence-electron chi connectivity index (χ2n) is 6.17. The van der Waals surface area contributed by atoms with Crippen LogP contribution in [0.1, 0.15) is 24.2 Å². The molecule has 0 aromatic heterocycles. The van der Waals surface area contributed by atoms with E-state index in [4.69, 9.17) is 4.74 Å². The molecule has 4 heteroatoms. The van der Waals surface area contributed by atoms with E-state index < -0.39 is 0 Å². The van der Waals surface area contributed by atoms with Gasteiger partial charge < -0.3 is 9.64 Å². The van der Waals surface area contributed by atoms with Crippen LogP contribution < -0.4 is 4.74 Å². The van der Waals surface area contributed by atoms with Crippen LogP contribution in [0.25, 0.3) is 0 Å². The molecule has 2 unspecified atom stereocenters. The van der Waals surface area contributed by atoms with E-state index in [2.05, 4.69) is 30.8 Å². The number of carbonyl (C=O) groups excluding carboxylic acids is 1. The summed E-state index contributed by atoms with van der Waals surface area (Å²) in [6, 6.07) is 8.08. The minimum Gasteiger partial charge on any atom is -0.491 e. The number of nitrogens with zero attached hydrogens (tertiary/aromatic N) is 2. The van der Waals surface area contributed by atoms with Gasteiger partial charge in [-0.2, -0.15) is 0 Å². The fraction of sp³-hybridized carbons (Fsp3) is 0.588. The first-order valence-corrected chi connectivity index (χ1v) is 7.60. The van der Waals surface area contributed by atoms with Gasteiger partial charge in [-0.1, -0.05) is 19.1 Å². The van der Waals surface area contributed by atoms with E-state index in [1.165, 1.54) is 0 Å². The summed E-state index contributed by atoms with van der Waals surface area (Å²) in [7, 11) is 4.29. The summed E-state index contributed by atoms with van der Waals surface area (Å²) in [6.07, 6.45) is 0. The lowest BCUT2D eigenvalue weighted by molar-refractivity contribution is 0.101. The molecule has 0 amide bonds. The van der Waals surface area contributed by atoms with Gasteiger partial charge in [-0.25, -0.2) is 0 Å². The van der Waals surface area contributed by atoms with Crippen LogP contribution in [0.4, 0.5) is 0 Å². The summed E-state index contributed by atoms with van der Waals surface area (Å²) in [5.41, 5.74) is 0.665. The molecule has 0 aliphatic carbocycles. The average molecular weight is 290 g/mol. The number of carbonyl (C=O) groups is 1. The molecular formula is C17H26N2O2. The Balaban J connectivity index is 1.84. The zero-order valence-corrected chi connectivity index (χ0v) is 13.5. The highest BCUT2D eigenvalue weighted by atomic mass is 16.5. The maximum Gasteiger partial charge on any atom is 0.163 e. The monoisotopic (exact) mass is 290 g/mol. The predicted octanol–water partition coefficient (Wildman–Crippen LogP) is 2.15. The fourth-order valence-electron chi connectivity index (χ4n) is 3.07. The molecule has 0 N–H and O–H groups in total. The SMILES string of the molecule is CC(=O)c1ccccc1OCCN1CC(C)C(N(C)C)C1. The Labute approximate surface area is 127 Å². The summed E-state index contributed by atoms with van der Waals surface area (Å²) in [6.45, 7) is 7.60. The number of ether oxygens (including phenoxy) is 1. The van der Waals surface area contributed by atoms with Gasteiger partial charge >= 0.3 is 0 Å². The molecule has 1 aromatic carbocycles. The lowest BCUT2D eigenvalue weighted by Gasteiger charge is -2.22. The number of hydrogen-bond acceptors (Lipinski definition) is 4. The van der Waals surface area contributed by atoms with Crippen molar-refractivity contribution in [2.45, 2.75) is 19.9 Å². The van der Waals surface area contributed by atoms with Gasteiger partial charge in [0.1, 0.15) is 12.4 Å². The molecule has 1 heterocycles. The summed E-state index contributed by atoms with van der Waals surface area (Å²) < 4.78 is 5.82. The molecule has 116 valence electrons. The Morgan fingerprint density at radius 1 is 1.33 bits per heavy atom. The summed E-state index contributed by atoms with van der Waals surface area (Å²) in [5, 5.41) is 0. The highest BCUT2D eigenvalue weighted by Gasteiger charge is 2.30. The number of likely N-dealkylation sites (N-methyl/N-ethyl adjacent to an activating group) is 1. The van der Waals surface area contributed by atoms with Crippen molar-refractivity contribution in [1.82, 2.24) is 9.80 Å². The number of rotatable bonds is 6. The van der Waals surface area contributed by atoms with Crippen LogP contribution >= 0.6 is 0 Å². The van der Waals surface area contributed by atoms with Gasteiger partial charge in [0.05, 0.1) is 5.56 Å². The molecule has 1 saturated heterocycles. The molecule has 0 spiro atoms. The van der Waals surface area contributed by atoms with E-state index in [0.717, 1.165) is 19.6 Å². The largest absolute Gasteiger partial charge is 0.491 e. The summed E-state index contributed by atoms with van der Waals surface area (Å²) in [4.78, 5) is 16.3. The quantitative estimate of drug-likeness (QED) is 0.752. The number of ketones is 1. The maximum absolute atomic E-state index is 11.6. The zero-order chi connectivity index (χ0) is 15.4. The topological polar surface area (TPSA) is 32.8 Å². The first kappa shape index (κ1) is 16.0. The van der Waals surface area contributed by atoms with Gasteiger partial charge in [0, 0.05) is 25.7 Å². The normalized spacial score (nSPS) is 22.7. The number of Topliss-reactive ketones (excluding diaryl/α,β-unsaturated/α-hetero) is 1. The Kier molecular flexibility index (Phi) is 5.37. The molecule has 21 heavy (non-hydrogen) atoms. The van der Waals surface area contributed by atoms with E-state index >= 15 is 0 Å². The molecule has 2 rings (SSSR count). The van der Waals surface area contributed by atoms with Crippen LogP contribution in [0.2, 0.25) is 0 Å². The lowest BCUT2D eigenvalue weighted by atomic mass is 10.1. The van der Waals surface area contributed by atoms with E-state index in [9.17, 15) is 4.79 Å². The van der Waals surface area contributed by atoms with Crippen molar-refractivity contribution >= 4 is 5.78 Å². The van der Waals surface area contributed by atoms with Crippen LogP contribution in [-0.2, 0) is 0 Å². The molecule has 1 aromatic rings. The highest BCUT2D eigenvalue weighted by Crippen LogP contribution is 2.21. The highest BCUT2D eigenvalue weighted by molar-refractivity contribution is 5.96. The fourth-order valence-corrected chi connectivity index (χ4v) is 3.07. The van der Waals surface area contributed by atoms with Gasteiger partial charge in [0.2, 0.25) is 0 Å².